The van der Waals surface area contributed by atoms with E-state index in [1.807, 2.05) is 38.1 Å². The van der Waals surface area contributed by atoms with E-state index in [0.717, 1.165) is 35.5 Å². The zero-order chi connectivity index (χ0) is 10.8. The van der Waals surface area contributed by atoms with E-state index in [9.17, 15) is 5.11 Å². The molecule has 0 radical (unpaired) electrons. The Morgan fingerprint density at radius 3 is 2.60 bits per heavy atom. The van der Waals surface area contributed by atoms with E-state index < -0.39 is 6.10 Å². The highest BCUT2D eigenvalue weighted by molar-refractivity contribution is 5.44. The lowest BCUT2D eigenvalue weighted by Crippen LogP contribution is -2.14. The zero-order valence-electron chi connectivity index (χ0n) is 9.16. The van der Waals surface area contributed by atoms with Crippen LogP contribution in [0, 0.1) is 0 Å². The van der Waals surface area contributed by atoms with Crippen molar-refractivity contribution in [1.82, 2.24) is 0 Å². The first-order valence-corrected chi connectivity index (χ1v) is 5.44. The topological polar surface area (TPSA) is 29.5 Å². The van der Waals surface area contributed by atoms with Gasteiger partial charge in [-0.1, -0.05) is 32.0 Å². The average Bonchev–Trinajstić information content (AvgIpc) is 2.29. The molecule has 0 saturated carbocycles. The molecule has 1 aromatic rings. The second kappa shape index (κ2) is 4.07. The van der Waals surface area contributed by atoms with Crippen molar-refractivity contribution in [2.75, 3.05) is 0 Å². The summed E-state index contributed by atoms with van der Waals surface area (Å²) in [7, 11) is 0. The third-order valence-electron chi connectivity index (χ3n) is 2.84. The van der Waals surface area contributed by atoms with Crippen LogP contribution in [0.3, 0.4) is 0 Å². The number of allylic oxidation sites excluding steroid dienone is 1. The number of hydrogen-bond donors (Lipinski definition) is 1. The highest BCUT2D eigenvalue weighted by Crippen LogP contribution is 2.39. The molecule has 2 rings (SSSR count). The molecule has 1 atom stereocenters. The number of aliphatic hydroxyl groups excluding tert-OH is 1. The van der Waals surface area contributed by atoms with Crippen LogP contribution in [0.1, 0.15) is 38.4 Å². The van der Waals surface area contributed by atoms with Gasteiger partial charge in [0, 0.05) is 17.6 Å². The second-order valence-electron chi connectivity index (χ2n) is 3.70. The molecule has 1 unspecified atom stereocenters. The molecule has 15 heavy (non-hydrogen) atoms. The molecule has 0 spiro atoms. The van der Waals surface area contributed by atoms with Crippen molar-refractivity contribution in [2.45, 2.75) is 32.8 Å². The summed E-state index contributed by atoms with van der Waals surface area (Å²) in [5, 5.41) is 10.2. The molecule has 0 aromatic heterocycles. The molecule has 0 bridgehead atoms. The van der Waals surface area contributed by atoms with Crippen LogP contribution >= 0.6 is 0 Å². The van der Waals surface area contributed by atoms with Gasteiger partial charge in [-0.25, -0.2) is 0 Å². The van der Waals surface area contributed by atoms with Crippen molar-refractivity contribution in [3.63, 3.8) is 0 Å². The predicted molar refractivity (Wildman–Crippen MR) is 59.6 cm³/mol. The van der Waals surface area contributed by atoms with Gasteiger partial charge in [0.2, 0.25) is 0 Å². The van der Waals surface area contributed by atoms with Crippen molar-refractivity contribution in [2.24, 2.45) is 0 Å². The van der Waals surface area contributed by atoms with Gasteiger partial charge < -0.3 is 9.84 Å². The molecule has 0 saturated heterocycles. The number of ether oxygens (including phenoxy) is 1. The third kappa shape index (κ3) is 1.65. The van der Waals surface area contributed by atoms with E-state index in [0.29, 0.717) is 0 Å². The lowest BCUT2D eigenvalue weighted by atomic mass is 9.94. The fourth-order valence-electron chi connectivity index (χ4n) is 2.03. The van der Waals surface area contributed by atoms with Crippen LogP contribution < -0.4 is 4.74 Å². The van der Waals surface area contributed by atoms with Gasteiger partial charge in [-0.3, -0.25) is 0 Å². The van der Waals surface area contributed by atoms with Crippen LogP contribution in [0.5, 0.6) is 5.75 Å². The minimum atomic E-state index is -0.491. The van der Waals surface area contributed by atoms with Gasteiger partial charge in [-0.15, -0.1) is 0 Å². The fourth-order valence-corrected chi connectivity index (χ4v) is 2.03. The summed E-state index contributed by atoms with van der Waals surface area (Å²) in [5.41, 5.74) is 1.89. The monoisotopic (exact) mass is 204 g/mol. The molecule has 1 aliphatic heterocycles. The van der Waals surface area contributed by atoms with Crippen molar-refractivity contribution in [1.29, 1.82) is 0 Å². The zero-order valence-corrected chi connectivity index (χ0v) is 9.16. The normalized spacial score (nSPS) is 19.8. The average molecular weight is 204 g/mol. The van der Waals surface area contributed by atoms with E-state index in [-0.39, 0.29) is 0 Å². The van der Waals surface area contributed by atoms with Crippen molar-refractivity contribution in [3.05, 3.63) is 41.2 Å². The molecule has 1 N–H and O–H groups in total. The summed E-state index contributed by atoms with van der Waals surface area (Å²) in [4.78, 5) is 0. The summed E-state index contributed by atoms with van der Waals surface area (Å²) in [5.74, 6) is 1.71. The highest BCUT2D eigenvalue weighted by Gasteiger charge is 2.25. The van der Waals surface area contributed by atoms with Crippen molar-refractivity contribution in [3.8, 4) is 5.75 Å². The Hall–Kier alpha value is -1.28. The lowest BCUT2D eigenvalue weighted by Gasteiger charge is -2.26. The highest BCUT2D eigenvalue weighted by atomic mass is 16.5. The summed E-state index contributed by atoms with van der Waals surface area (Å²) in [6, 6.07) is 7.67. The number of fused-ring (bicyclic) bond motifs is 1. The molecule has 80 valence electrons. The Balaban J connectivity index is 2.46. The molecule has 0 amide bonds. The van der Waals surface area contributed by atoms with Gasteiger partial charge in [0.25, 0.3) is 0 Å². The quantitative estimate of drug-likeness (QED) is 0.801. The van der Waals surface area contributed by atoms with Gasteiger partial charge in [0.05, 0.1) is 0 Å². The van der Waals surface area contributed by atoms with Gasteiger partial charge >= 0.3 is 0 Å². The van der Waals surface area contributed by atoms with Crippen LogP contribution in [0.25, 0.3) is 0 Å². The molecule has 1 aromatic carbocycles. The SMILES string of the molecule is CCC1=C(CC)C(O)c2ccccc2O1. The second-order valence-corrected chi connectivity index (χ2v) is 3.70. The van der Waals surface area contributed by atoms with Crippen molar-refractivity contribution < 1.29 is 9.84 Å². The van der Waals surface area contributed by atoms with E-state index in [2.05, 4.69) is 0 Å². The molecule has 2 nitrogen and oxygen atoms in total. The third-order valence-corrected chi connectivity index (χ3v) is 2.84. The van der Waals surface area contributed by atoms with Crippen LogP contribution in [-0.2, 0) is 0 Å². The molecule has 0 aliphatic carbocycles. The van der Waals surface area contributed by atoms with Gasteiger partial charge in [-0.2, -0.15) is 0 Å². The number of para-hydroxylation sites is 1. The number of rotatable bonds is 2. The Labute approximate surface area is 90.2 Å². The number of aliphatic hydroxyl groups is 1. The Morgan fingerprint density at radius 1 is 1.20 bits per heavy atom. The minimum Gasteiger partial charge on any atom is -0.461 e. The van der Waals surface area contributed by atoms with E-state index in [1.54, 1.807) is 0 Å². The first-order valence-electron chi connectivity index (χ1n) is 5.44. The summed E-state index contributed by atoms with van der Waals surface area (Å²) >= 11 is 0. The summed E-state index contributed by atoms with van der Waals surface area (Å²) < 4.78 is 5.77. The lowest BCUT2D eigenvalue weighted by molar-refractivity contribution is 0.186. The molecular weight excluding hydrogens is 188 g/mol. The van der Waals surface area contributed by atoms with Gasteiger partial charge in [-0.05, 0) is 12.5 Å². The van der Waals surface area contributed by atoms with Gasteiger partial charge in [0.15, 0.2) is 0 Å². The first-order chi connectivity index (χ1) is 7.27. The molecule has 1 heterocycles. The molecule has 1 aliphatic rings. The van der Waals surface area contributed by atoms with Gasteiger partial charge in [0.1, 0.15) is 17.6 Å². The number of benzene rings is 1. The molecule has 0 fully saturated rings. The standard InChI is InChI=1S/C13H16O2/c1-3-9-11(4-2)15-12-8-6-5-7-10(12)13(9)14/h5-8,13-14H,3-4H2,1-2H3. The van der Waals surface area contributed by atoms with E-state index in [4.69, 9.17) is 4.74 Å². The minimum absolute atomic E-state index is 0.491. The Kier molecular flexibility index (Phi) is 2.78. The molecular formula is C13H16O2. The smallest absolute Gasteiger partial charge is 0.133 e. The van der Waals surface area contributed by atoms with E-state index in [1.165, 1.54) is 0 Å². The maximum atomic E-state index is 10.2. The van der Waals surface area contributed by atoms with Crippen molar-refractivity contribution >= 4 is 0 Å². The largest absolute Gasteiger partial charge is 0.461 e. The maximum Gasteiger partial charge on any atom is 0.133 e. The maximum absolute atomic E-state index is 10.2. The summed E-state index contributed by atoms with van der Waals surface area (Å²) in [6.45, 7) is 4.09. The summed E-state index contributed by atoms with van der Waals surface area (Å²) in [6.07, 6.45) is 1.17. The fraction of sp³-hybridized carbons (Fsp3) is 0.385. The Bertz CT molecular complexity index is 393. The predicted octanol–water partition coefficient (Wildman–Crippen LogP) is 3.19. The van der Waals surface area contributed by atoms with Crippen LogP contribution in [0.15, 0.2) is 35.6 Å². The van der Waals surface area contributed by atoms with E-state index >= 15 is 0 Å². The van der Waals surface area contributed by atoms with Crippen LogP contribution in [0.2, 0.25) is 0 Å². The number of hydrogen-bond acceptors (Lipinski definition) is 2. The van der Waals surface area contributed by atoms with Crippen LogP contribution in [0.4, 0.5) is 0 Å². The Morgan fingerprint density at radius 2 is 1.93 bits per heavy atom. The first kappa shape index (κ1) is 10.2. The molecule has 2 heteroatoms. The van der Waals surface area contributed by atoms with Crippen LogP contribution in [-0.4, -0.2) is 5.11 Å².